The van der Waals surface area contributed by atoms with Crippen LogP contribution in [0, 0.1) is 13.8 Å². The lowest BCUT2D eigenvalue weighted by Gasteiger charge is -2.10. The minimum absolute atomic E-state index is 0.0523. The van der Waals surface area contributed by atoms with Crippen molar-refractivity contribution in [2.75, 3.05) is 12.3 Å². The van der Waals surface area contributed by atoms with Crippen molar-refractivity contribution in [3.05, 3.63) is 29.3 Å². The highest BCUT2D eigenvalue weighted by molar-refractivity contribution is 7.81. The Morgan fingerprint density at radius 3 is 2.41 bits per heavy atom. The molecular weight excluding hydrogens is 238 g/mol. The topological polar surface area (TPSA) is 55.4 Å². The quantitative estimate of drug-likeness (QED) is 0.482. The molecule has 0 radical (unpaired) electrons. The third-order valence-corrected chi connectivity index (χ3v) is 2.49. The molecule has 0 unspecified atom stereocenters. The molecule has 0 heterocycles. The largest absolute Gasteiger partial charge is 0.425 e. The zero-order valence-corrected chi connectivity index (χ0v) is 10.7. The van der Waals surface area contributed by atoms with Crippen molar-refractivity contribution in [1.82, 2.24) is 5.32 Å². The van der Waals surface area contributed by atoms with Gasteiger partial charge in [0, 0.05) is 0 Å². The number of hydrogen-bond acceptors (Lipinski definition) is 4. The van der Waals surface area contributed by atoms with Gasteiger partial charge in [-0.25, -0.2) is 4.79 Å². The first-order chi connectivity index (χ1) is 8.04. The lowest BCUT2D eigenvalue weighted by atomic mass is 10.1. The van der Waals surface area contributed by atoms with Crippen LogP contribution in [0.5, 0.6) is 5.75 Å². The maximum absolute atomic E-state index is 11.5. The number of esters is 1. The van der Waals surface area contributed by atoms with E-state index in [0.717, 1.165) is 11.1 Å². The van der Waals surface area contributed by atoms with E-state index >= 15 is 0 Å². The second-order valence-corrected chi connectivity index (χ2v) is 3.95. The van der Waals surface area contributed by atoms with E-state index in [9.17, 15) is 9.59 Å². The number of amides is 1. The van der Waals surface area contributed by atoms with Crippen molar-refractivity contribution in [3.8, 4) is 5.75 Å². The SMILES string of the molecule is Cc1cccc(C)c1OC(=O)CNC(=O)CS. The third kappa shape index (κ3) is 4.11. The van der Waals surface area contributed by atoms with E-state index in [2.05, 4.69) is 17.9 Å². The number of ether oxygens (including phenoxy) is 1. The molecule has 0 fully saturated rings. The number of nitrogens with one attached hydrogen (secondary N) is 1. The fourth-order valence-electron chi connectivity index (χ4n) is 1.34. The minimum Gasteiger partial charge on any atom is -0.425 e. The molecule has 17 heavy (non-hydrogen) atoms. The average Bonchev–Trinajstić information content (AvgIpc) is 2.31. The summed E-state index contributed by atoms with van der Waals surface area (Å²) < 4.78 is 5.19. The highest BCUT2D eigenvalue weighted by Gasteiger charge is 2.10. The molecule has 1 rings (SSSR count). The third-order valence-electron chi connectivity index (χ3n) is 2.20. The van der Waals surface area contributed by atoms with E-state index in [4.69, 9.17) is 4.74 Å². The van der Waals surface area contributed by atoms with Gasteiger partial charge in [-0.2, -0.15) is 12.6 Å². The van der Waals surface area contributed by atoms with Gasteiger partial charge in [-0.3, -0.25) is 4.79 Å². The predicted molar refractivity (Wildman–Crippen MR) is 68.4 cm³/mol. The number of aryl methyl sites for hydroxylation is 2. The molecule has 0 bridgehead atoms. The summed E-state index contributed by atoms with van der Waals surface area (Å²) in [6, 6.07) is 5.62. The molecule has 92 valence electrons. The molecule has 1 aromatic carbocycles. The summed E-state index contributed by atoms with van der Waals surface area (Å²) in [5.74, 6) is -0.182. The Hall–Kier alpha value is -1.49. The Morgan fingerprint density at radius 2 is 1.88 bits per heavy atom. The van der Waals surface area contributed by atoms with Gasteiger partial charge in [-0.15, -0.1) is 0 Å². The molecule has 0 aliphatic rings. The van der Waals surface area contributed by atoms with Crippen molar-refractivity contribution in [2.45, 2.75) is 13.8 Å². The second kappa shape index (κ2) is 6.30. The van der Waals surface area contributed by atoms with Gasteiger partial charge in [0.1, 0.15) is 12.3 Å². The van der Waals surface area contributed by atoms with E-state index in [1.54, 1.807) is 0 Å². The maximum Gasteiger partial charge on any atom is 0.330 e. The van der Waals surface area contributed by atoms with Gasteiger partial charge in [0.2, 0.25) is 5.91 Å². The van der Waals surface area contributed by atoms with Gasteiger partial charge in [0.05, 0.1) is 5.75 Å². The monoisotopic (exact) mass is 253 g/mol. The summed E-state index contributed by atoms with van der Waals surface area (Å²) in [5.41, 5.74) is 1.78. The van der Waals surface area contributed by atoms with E-state index in [1.165, 1.54) is 0 Å². The fraction of sp³-hybridized carbons (Fsp3) is 0.333. The summed E-state index contributed by atoms with van der Waals surface area (Å²) in [4.78, 5) is 22.4. The van der Waals surface area contributed by atoms with Gasteiger partial charge >= 0.3 is 5.97 Å². The van der Waals surface area contributed by atoms with Crippen LogP contribution in [0.4, 0.5) is 0 Å². The van der Waals surface area contributed by atoms with Crippen molar-refractivity contribution in [2.24, 2.45) is 0 Å². The number of para-hydroxylation sites is 1. The van der Waals surface area contributed by atoms with Crippen LogP contribution in [0.1, 0.15) is 11.1 Å². The molecule has 5 heteroatoms. The van der Waals surface area contributed by atoms with Crippen molar-refractivity contribution in [1.29, 1.82) is 0 Å². The number of carbonyl (C=O) groups excluding carboxylic acids is 2. The van der Waals surface area contributed by atoms with Crippen LogP contribution in [0.15, 0.2) is 18.2 Å². The average molecular weight is 253 g/mol. The molecule has 1 N–H and O–H groups in total. The molecule has 0 saturated carbocycles. The number of thiol groups is 1. The molecule has 0 atom stereocenters. The molecular formula is C12H15NO3S. The lowest BCUT2D eigenvalue weighted by molar-refractivity contribution is -0.135. The number of hydrogen-bond donors (Lipinski definition) is 2. The summed E-state index contributed by atoms with van der Waals surface area (Å²) >= 11 is 3.79. The van der Waals surface area contributed by atoms with E-state index in [-0.39, 0.29) is 18.2 Å². The summed E-state index contributed by atoms with van der Waals surface area (Å²) in [5, 5.41) is 2.40. The highest BCUT2D eigenvalue weighted by atomic mass is 32.1. The Morgan fingerprint density at radius 1 is 1.29 bits per heavy atom. The molecule has 0 aromatic heterocycles. The number of carbonyl (C=O) groups is 2. The Kier molecular flexibility index (Phi) is 5.03. The molecule has 0 aliphatic heterocycles. The maximum atomic E-state index is 11.5. The van der Waals surface area contributed by atoms with Gasteiger partial charge in [-0.1, -0.05) is 18.2 Å². The lowest BCUT2D eigenvalue weighted by Crippen LogP contribution is -2.32. The van der Waals surface area contributed by atoms with Crippen molar-refractivity contribution in [3.63, 3.8) is 0 Å². The smallest absolute Gasteiger partial charge is 0.330 e. The van der Waals surface area contributed by atoms with Gasteiger partial charge in [0.15, 0.2) is 0 Å². The number of rotatable bonds is 4. The summed E-state index contributed by atoms with van der Waals surface area (Å²) in [7, 11) is 0. The Labute approximate surface area is 106 Å². The first-order valence-electron chi connectivity index (χ1n) is 5.19. The van der Waals surface area contributed by atoms with Crippen LogP contribution in [0.2, 0.25) is 0 Å². The molecule has 1 amide bonds. The van der Waals surface area contributed by atoms with E-state index < -0.39 is 5.97 Å². The Bertz CT molecular complexity index is 412. The second-order valence-electron chi connectivity index (χ2n) is 3.63. The standard InChI is InChI=1S/C12H15NO3S/c1-8-4-3-5-9(2)12(8)16-11(15)6-13-10(14)7-17/h3-5,17H,6-7H2,1-2H3,(H,13,14). The summed E-state index contributed by atoms with van der Waals surface area (Å²) in [6.45, 7) is 3.58. The molecule has 0 saturated heterocycles. The van der Waals surface area contributed by atoms with Crippen LogP contribution in [0.25, 0.3) is 0 Å². The molecule has 1 aromatic rings. The van der Waals surface area contributed by atoms with Gasteiger partial charge < -0.3 is 10.1 Å². The zero-order chi connectivity index (χ0) is 12.8. The molecule has 0 aliphatic carbocycles. The van der Waals surface area contributed by atoms with E-state index in [0.29, 0.717) is 5.75 Å². The number of benzene rings is 1. The summed E-state index contributed by atoms with van der Waals surface area (Å²) in [6.07, 6.45) is 0. The first-order valence-corrected chi connectivity index (χ1v) is 5.82. The van der Waals surface area contributed by atoms with E-state index in [1.807, 2.05) is 32.0 Å². The highest BCUT2D eigenvalue weighted by Crippen LogP contribution is 2.22. The van der Waals surface area contributed by atoms with Gasteiger partial charge in [-0.05, 0) is 25.0 Å². The Balaban J connectivity index is 2.59. The minimum atomic E-state index is -0.488. The van der Waals surface area contributed by atoms with Gasteiger partial charge in [0.25, 0.3) is 0 Å². The van der Waals surface area contributed by atoms with Crippen molar-refractivity contribution >= 4 is 24.5 Å². The normalized spacial score (nSPS) is 9.82. The zero-order valence-electron chi connectivity index (χ0n) is 9.82. The van der Waals surface area contributed by atoms with Crippen LogP contribution in [-0.4, -0.2) is 24.2 Å². The van der Waals surface area contributed by atoms with Crippen molar-refractivity contribution < 1.29 is 14.3 Å². The fourth-order valence-corrected chi connectivity index (χ4v) is 1.45. The van der Waals surface area contributed by atoms with Crippen LogP contribution in [-0.2, 0) is 9.59 Å². The molecule has 0 spiro atoms. The van der Waals surface area contributed by atoms with Crippen LogP contribution in [0.3, 0.4) is 0 Å². The van der Waals surface area contributed by atoms with Crippen LogP contribution < -0.4 is 10.1 Å². The predicted octanol–water partition coefficient (Wildman–Crippen LogP) is 1.25. The van der Waals surface area contributed by atoms with Crippen LogP contribution >= 0.6 is 12.6 Å². The first kappa shape index (κ1) is 13.6. The molecule has 4 nitrogen and oxygen atoms in total.